The maximum atomic E-state index is 10.8. The number of aliphatic carboxylic acids is 1. The average Bonchev–Trinajstić information content (AvgIpc) is 2.87. The zero-order chi connectivity index (χ0) is 15.4. The van der Waals surface area contributed by atoms with Crippen LogP contribution in [0.25, 0.3) is 11.5 Å². The Morgan fingerprint density at radius 1 is 1.38 bits per heavy atom. The van der Waals surface area contributed by atoms with Crippen LogP contribution in [-0.4, -0.2) is 34.6 Å². The molecule has 2 rings (SSSR count). The van der Waals surface area contributed by atoms with Gasteiger partial charge in [-0.2, -0.15) is 0 Å². The van der Waals surface area contributed by atoms with Crippen molar-refractivity contribution < 1.29 is 14.3 Å². The maximum Gasteiger partial charge on any atom is 0.307 e. The molecule has 0 aliphatic carbocycles. The highest BCUT2D eigenvalue weighted by molar-refractivity contribution is 5.69. The Labute approximate surface area is 124 Å². The number of nitrogens with zero attached hydrogens (tertiary/aromatic N) is 2. The van der Waals surface area contributed by atoms with Crippen molar-refractivity contribution in [3.8, 4) is 11.5 Å². The minimum atomic E-state index is -0.789. The Morgan fingerprint density at radius 3 is 2.67 bits per heavy atom. The number of hydrogen-bond donors (Lipinski definition) is 1. The Balaban J connectivity index is 2.00. The quantitative estimate of drug-likeness (QED) is 0.885. The molecule has 0 aliphatic heterocycles. The minimum Gasteiger partial charge on any atom is -0.481 e. The second kappa shape index (κ2) is 6.54. The van der Waals surface area contributed by atoms with Gasteiger partial charge in [0.2, 0.25) is 5.89 Å². The fraction of sp³-hybridized carbons (Fsp3) is 0.375. The summed E-state index contributed by atoms with van der Waals surface area (Å²) in [5.74, 6) is -0.606. The van der Waals surface area contributed by atoms with Gasteiger partial charge in [0.1, 0.15) is 6.26 Å². The predicted octanol–water partition coefficient (Wildman–Crippen LogP) is 2.80. The molecule has 1 atom stereocenters. The van der Waals surface area contributed by atoms with E-state index in [0.717, 1.165) is 11.3 Å². The van der Waals surface area contributed by atoms with Crippen LogP contribution in [0.2, 0.25) is 0 Å². The number of carboxylic acid groups (broad SMARTS) is 1. The van der Waals surface area contributed by atoms with Crippen molar-refractivity contribution in [3.63, 3.8) is 0 Å². The van der Waals surface area contributed by atoms with Crippen molar-refractivity contribution in [2.24, 2.45) is 5.92 Å². The number of benzene rings is 1. The molecule has 0 radical (unpaired) electrons. The number of rotatable bonds is 6. The molecule has 1 aromatic heterocycles. The molecule has 0 aliphatic rings. The van der Waals surface area contributed by atoms with Crippen molar-refractivity contribution in [3.05, 3.63) is 41.8 Å². The molecule has 5 nitrogen and oxygen atoms in total. The molecule has 1 unspecified atom stereocenters. The predicted molar refractivity (Wildman–Crippen MR) is 79.8 cm³/mol. The van der Waals surface area contributed by atoms with Gasteiger partial charge in [-0.05, 0) is 26.1 Å². The number of oxazole rings is 1. The van der Waals surface area contributed by atoms with Crippen molar-refractivity contribution >= 4 is 5.97 Å². The lowest BCUT2D eigenvalue weighted by Gasteiger charge is -2.17. The molecule has 112 valence electrons. The summed E-state index contributed by atoms with van der Waals surface area (Å²) in [6.07, 6.45) is 1.62. The highest BCUT2D eigenvalue weighted by Crippen LogP contribution is 2.19. The van der Waals surface area contributed by atoms with Gasteiger partial charge in [0.15, 0.2) is 0 Å². The van der Waals surface area contributed by atoms with E-state index >= 15 is 0 Å². The van der Waals surface area contributed by atoms with E-state index in [2.05, 4.69) is 4.98 Å². The topological polar surface area (TPSA) is 66.6 Å². The van der Waals surface area contributed by atoms with Crippen LogP contribution >= 0.6 is 0 Å². The fourth-order valence-corrected chi connectivity index (χ4v) is 2.10. The molecule has 21 heavy (non-hydrogen) atoms. The van der Waals surface area contributed by atoms with Gasteiger partial charge in [0.25, 0.3) is 0 Å². The monoisotopic (exact) mass is 288 g/mol. The van der Waals surface area contributed by atoms with Gasteiger partial charge < -0.3 is 9.52 Å². The first kappa shape index (κ1) is 15.3. The summed E-state index contributed by atoms with van der Waals surface area (Å²) in [7, 11) is 1.87. The largest absolute Gasteiger partial charge is 0.481 e. The number of aromatic nitrogens is 1. The first-order valence-corrected chi connectivity index (χ1v) is 6.88. The third-order valence-corrected chi connectivity index (χ3v) is 3.29. The molecular formula is C16H20N2O3. The van der Waals surface area contributed by atoms with Crippen LogP contribution in [0.15, 0.2) is 34.9 Å². The van der Waals surface area contributed by atoms with Crippen molar-refractivity contribution in [2.45, 2.75) is 20.4 Å². The molecule has 0 bridgehead atoms. The van der Waals surface area contributed by atoms with Gasteiger partial charge >= 0.3 is 5.97 Å². The molecule has 0 spiro atoms. The molecule has 5 heteroatoms. The number of aryl methyl sites for hydroxylation is 1. The van der Waals surface area contributed by atoms with Crippen molar-refractivity contribution in [2.75, 3.05) is 13.6 Å². The lowest BCUT2D eigenvalue weighted by molar-refractivity contribution is -0.141. The van der Waals surface area contributed by atoms with Crippen LogP contribution in [-0.2, 0) is 11.3 Å². The molecular weight excluding hydrogens is 268 g/mol. The molecule has 0 fully saturated rings. The smallest absolute Gasteiger partial charge is 0.307 e. The Morgan fingerprint density at radius 2 is 2.05 bits per heavy atom. The number of carbonyl (C=O) groups is 1. The van der Waals surface area contributed by atoms with Crippen molar-refractivity contribution in [1.82, 2.24) is 9.88 Å². The second-order valence-electron chi connectivity index (χ2n) is 5.45. The van der Waals surface area contributed by atoms with Crippen LogP contribution < -0.4 is 0 Å². The molecule has 1 aromatic carbocycles. The van der Waals surface area contributed by atoms with E-state index in [1.54, 1.807) is 13.2 Å². The van der Waals surface area contributed by atoms with Gasteiger partial charge in [-0.1, -0.05) is 24.6 Å². The Bertz CT molecular complexity index is 604. The van der Waals surface area contributed by atoms with Crippen molar-refractivity contribution in [1.29, 1.82) is 0 Å². The lowest BCUT2D eigenvalue weighted by atomic mass is 10.1. The Hall–Kier alpha value is -2.14. The highest BCUT2D eigenvalue weighted by atomic mass is 16.4. The van der Waals surface area contributed by atoms with E-state index in [1.807, 2.05) is 43.1 Å². The molecule has 0 amide bonds. The van der Waals surface area contributed by atoms with Crippen LogP contribution in [0.3, 0.4) is 0 Å². The van der Waals surface area contributed by atoms with E-state index in [9.17, 15) is 4.79 Å². The third-order valence-electron chi connectivity index (χ3n) is 3.29. The molecule has 0 saturated heterocycles. The SMILES string of the molecule is Cc1ccc(-c2nc(CN(C)CC(C)C(=O)O)co2)cc1. The van der Waals surface area contributed by atoms with Crippen LogP contribution in [0.5, 0.6) is 0 Å². The normalized spacial score (nSPS) is 12.6. The molecule has 1 heterocycles. The highest BCUT2D eigenvalue weighted by Gasteiger charge is 2.15. The van der Waals surface area contributed by atoms with E-state index in [4.69, 9.17) is 9.52 Å². The standard InChI is InChI=1S/C16H20N2O3/c1-11-4-6-13(7-5-11)15-17-14(10-21-15)9-18(3)8-12(2)16(19)20/h4-7,10,12H,8-9H2,1-3H3,(H,19,20). The summed E-state index contributed by atoms with van der Waals surface area (Å²) < 4.78 is 5.49. The zero-order valence-electron chi connectivity index (χ0n) is 12.5. The van der Waals surface area contributed by atoms with Gasteiger partial charge in [0, 0.05) is 18.7 Å². The number of hydrogen-bond acceptors (Lipinski definition) is 4. The Kier molecular flexibility index (Phi) is 4.75. The second-order valence-corrected chi connectivity index (χ2v) is 5.45. The lowest BCUT2D eigenvalue weighted by Crippen LogP contribution is -2.28. The molecule has 0 saturated carbocycles. The minimum absolute atomic E-state index is 0.404. The maximum absolute atomic E-state index is 10.8. The van der Waals surface area contributed by atoms with Gasteiger partial charge in [-0.3, -0.25) is 9.69 Å². The zero-order valence-corrected chi connectivity index (χ0v) is 12.5. The number of carboxylic acids is 1. The van der Waals surface area contributed by atoms with E-state index in [0.29, 0.717) is 19.0 Å². The van der Waals surface area contributed by atoms with Gasteiger partial charge in [0.05, 0.1) is 11.6 Å². The van der Waals surface area contributed by atoms with Crippen LogP contribution in [0.1, 0.15) is 18.2 Å². The first-order valence-electron chi connectivity index (χ1n) is 6.88. The fourth-order valence-electron chi connectivity index (χ4n) is 2.10. The molecule has 1 N–H and O–H groups in total. The summed E-state index contributed by atoms with van der Waals surface area (Å²) in [5, 5.41) is 8.91. The summed E-state index contributed by atoms with van der Waals surface area (Å²) in [5.41, 5.74) is 2.92. The van der Waals surface area contributed by atoms with E-state index in [1.165, 1.54) is 5.56 Å². The van der Waals surface area contributed by atoms with E-state index in [-0.39, 0.29) is 0 Å². The summed E-state index contributed by atoms with van der Waals surface area (Å²) in [6.45, 7) is 4.76. The van der Waals surface area contributed by atoms with Crippen LogP contribution in [0.4, 0.5) is 0 Å². The average molecular weight is 288 g/mol. The molecule has 2 aromatic rings. The first-order chi connectivity index (χ1) is 9.95. The summed E-state index contributed by atoms with van der Waals surface area (Å²) in [6, 6.07) is 7.97. The van der Waals surface area contributed by atoms with Crippen LogP contribution in [0, 0.1) is 12.8 Å². The van der Waals surface area contributed by atoms with Gasteiger partial charge in [-0.15, -0.1) is 0 Å². The van der Waals surface area contributed by atoms with E-state index < -0.39 is 11.9 Å². The third kappa shape index (κ3) is 4.16. The summed E-state index contributed by atoms with van der Waals surface area (Å²) >= 11 is 0. The van der Waals surface area contributed by atoms with Gasteiger partial charge in [-0.25, -0.2) is 4.98 Å². The summed E-state index contributed by atoms with van der Waals surface area (Å²) in [4.78, 5) is 17.2.